The largest absolute Gasteiger partial charge is 0.340 e. The van der Waals surface area contributed by atoms with Crippen LogP contribution in [-0.2, 0) is 14.8 Å². The number of hydrogen-bond acceptors (Lipinski definition) is 4. The van der Waals surface area contributed by atoms with Gasteiger partial charge in [-0.25, -0.2) is 8.42 Å². The first-order chi connectivity index (χ1) is 13.4. The highest BCUT2D eigenvalue weighted by molar-refractivity contribution is 7.89. The molecule has 7 heteroatoms. The van der Waals surface area contributed by atoms with Crippen molar-refractivity contribution in [3.63, 3.8) is 0 Å². The monoisotopic (exact) mass is 401 g/mol. The summed E-state index contributed by atoms with van der Waals surface area (Å²) in [6.45, 7) is 3.67. The van der Waals surface area contributed by atoms with E-state index in [9.17, 15) is 13.2 Å². The van der Waals surface area contributed by atoms with E-state index in [0.29, 0.717) is 36.5 Å². The average Bonchev–Trinajstić information content (AvgIpc) is 2.73. The van der Waals surface area contributed by atoms with Crippen molar-refractivity contribution >= 4 is 26.7 Å². The number of carbonyl (C=O) groups is 1. The Labute approximate surface area is 166 Å². The van der Waals surface area contributed by atoms with Crippen molar-refractivity contribution in [3.05, 3.63) is 36.7 Å². The first-order valence-corrected chi connectivity index (χ1v) is 11.5. The Hall–Kier alpha value is -1.99. The van der Waals surface area contributed by atoms with Crippen LogP contribution in [0, 0.1) is 5.41 Å². The number of amides is 1. The molecule has 0 bridgehead atoms. The third-order valence-corrected chi connectivity index (χ3v) is 8.21. The summed E-state index contributed by atoms with van der Waals surface area (Å²) in [4.78, 5) is 19.3. The predicted octanol–water partition coefficient (Wildman–Crippen LogP) is 3.04. The molecule has 0 spiro atoms. The molecule has 150 valence electrons. The highest BCUT2D eigenvalue weighted by Gasteiger charge is 2.39. The van der Waals surface area contributed by atoms with Gasteiger partial charge in [-0.2, -0.15) is 4.31 Å². The molecular formula is C21H27N3O3S. The van der Waals surface area contributed by atoms with Gasteiger partial charge in [-0.15, -0.1) is 0 Å². The molecule has 2 aromatic rings. The maximum Gasteiger partial charge on any atom is 0.243 e. The van der Waals surface area contributed by atoms with E-state index < -0.39 is 10.0 Å². The maximum absolute atomic E-state index is 13.2. The molecule has 2 aliphatic rings. The van der Waals surface area contributed by atoms with Gasteiger partial charge in [0.2, 0.25) is 15.9 Å². The Morgan fingerprint density at radius 2 is 1.75 bits per heavy atom. The molecule has 0 N–H and O–H groups in total. The number of pyridine rings is 1. The lowest BCUT2D eigenvalue weighted by Crippen LogP contribution is -2.54. The van der Waals surface area contributed by atoms with Crippen molar-refractivity contribution in [1.82, 2.24) is 14.2 Å². The summed E-state index contributed by atoms with van der Waals surface area (Å²) in [5.41, 5.74) is -0.276. The van der Waals surface area contributed by atoms with E-state index in [0.717, 1.165) is 31.1 Å². The van der Waals surface area contributed by atoms with E-state index in [4.69, 9.17) is 0 Å². The summed E-state index contributed by atoms with van der Waals surface area (Å²) >= 11 is 0. The fourth-order valence-corrected chi connectivity index (χ4v) is 6.15. The van der Waals surface area contributed by atoms with Gasteiger partial charge in [-0.3, -0.25) is 9.78 Å². The molecule has 0 radical (unpaired) electrons. The summed E-state index contributed by atoms with van der Waals surface area (Å²) < 4.78 is 28.0. The molecule has 2 heterocycles. The standard InChI is InChI=1S/C21H27N3O3S/c1-21(9-3-2-4-10-21)20(25)23-12-14-24(15-13-23)28(26,27)19-7-5-6-17-16-22-11-8-18(17)19/h5-8,11,16H,2-4,9-10,12-15H2,1H3. The lowest BCUT2D eigenvalue weighted by atomic mass is 9.74. The SMILES string of the molecule is CC1(C(=O)N2CCN(S(=O)(=O)c3cccc4cnccc34)CC2)CCCCC1. The number of hydrogen-bond donors (Lipinski definition) is 0. The minimum absolute atomic E-state index is 0.195. The first kappa shape index (κ1) is 19.3. The minimum Gasteiger partial charge on any atom is -0.340 e. The van der Waals surface area contributed by atoms with Gasteiger partial charge >= 0.3 is 0 Å². The number of piperazine rings is 1. The third kappa shape index (κ3) is 3.42. The molecule has 1 aromatic heterocycles. The van der Waals surface area contributed by atoms with Crippen LogP contribution < -0.4 is 0 Å². The Morgan fingerprint density at radius 3 is 2.46 bits per heavy atom. The molecule has 1 amide bonds. The predicted molar refractivity (Wildman–Crippen MR) is 108 cm³/mol. The van der Waals surface area contributed by atoms with Crippen molar-refractivity contribution in [2.75, 3.05) is 26.2 Å². The zero-order chi connectivity index (χ0) is 19.8. The van der Waals surface area contributed by atoms with E-state index in [1.54, 1.807) is 30.6 Å². The van der Waals surface area contributed by atoms with Crippen LogP contribution in [0.15, 0.2) is 41.6 Å². The van der Waals surface area contributed by atoms with E-state index in [-0.39, 0.29) is 11.3 Å². The fraction of sp³-hybridized carbons (Fsp3) is 0.524. The number of nitrogens with zero attached hydrogens (tertiary/aromatic N) is 3. The highest BCUT2D eigenvalue weighted by Crippen LogP contribution is 2.37. The van der Waals surface area contributed by atoms with Gasteiger partial charge < -0.3 is 4.90 Å². The van der Waals surface area contributed by atoms with Crippen LogP contribution in [0.3, 0.4) is 0 Å². The average molecular weight is 402 g/mol. The molecule has 1 aliphatic heterocycles. The van der Waals surface area contributed by atoms with E-state index in [1.807, 2.05) is 11.0 Å². The summed E-state index contributed by atoms with van der Waals surface area (Å²) in [5.74, 6) is 0.195. The Bertz CT molecular complexity index is 970. The molecule has 1 aliphatic carbocycles. The van der Waals surface area contributed by atoms with Gasteiger partial charge in [0.1, 0.15) is 0 Å². The zero-order valence-corrected chi connectivity index (χ0v) is 17.1. The Morgan fingerprint density at radius 1 is 1.04 bits per heavy atom. The molecule has 4 rings (SSSR count). The highest BCUT2D eigenvalue weighted by atomic mass is 32.2. The van der Waals surface area contributed by atoms with Gasteiger partial charge in [0, 0.05) is 54.8 Å². The second-order valence-corrected chi connectivity index (χ2v) is 10.1. The normalized spacial score (nSPS) is 21.0. The van der Waals surface area contributed by atoms with Crippen LogP contribution in [0.1, 0.15) is 39.0 Å². The molecule has 28 heavy (non-hydrogen) atoms. The summed E-state index contributed by atoms with van der Waals surface area (Å²) in [6.07, 6.45) is 8.58. The zero-order valence-electron chi connectivity index (χ0n) is 16.3. The lowest BCUT2D eigenvalue weighted by Gasteiger charge is -2.40. The van der Waals surface area contributed by atoms with Crippen LogP contribution in [0.4, 0.5) is 0 Å². The number of benzene rings is 1. The summed E-state index contributed by atoms with van der Waals surface area (Å²) in [6, 6.07) is 7.01. The van der Waals surface area contributed by atoms with Crippen molar-refractivity contribution < 1.29 is 13.2 Å². The summed E-state index contributed by atoms with van der Waals surface area (Å²) in [7, 11) is -3.61. The molecule has 6 nitrogen and oxygen atoms in total. The van der Waals surface area contributed by atoms with Crippen LogP contribution >= 0.6 is 0 Å². The van der Waals surface area contributed by atoms with Crippen LogP contribution in [-0.4, -0.2) is 54.7 Å². The molecular weight excluding hydrogens is 374 g/mol. The number of aromatic nitrogens is 1. The van der Waals surface area contributed by atoms with Crippen LogP contribution in [0.25, 0.3) is 10.8 Å². The van der Waals surface area contributed by atoms with Crippen molar-refractivity contribution in [1.29, 1.82) is 0 Å². The minimum atomic E-state index is -3.61. The van der Waals surface area contributed by atoms with Crippen LogP contribution in [0.2, 0.25) is 0 Å². The topological polar surface area (TPSA) is 70.6 Å². The Kier molecular flexibility index (Phi) is 5.14. The number of rotatable bonds is 3. The second kappa shape index (κ2) is 7.44. The van der Waals surface area contributed by atoms with E-state index in [2.05, 4.69) is 11.9 Å². The molecule has 1 saturated heterocycles. The van der Waals surface area contributed by atoms with Gasteiger partial charge in [0.25, 0.3) is 0 Å². The lowest BCUT2D eigenvalue weighted by molar-refractivity contribution is -0.144. The maximum atomic E-state index is 13.2. The number of fused-ring (bicyclic) bond motifs is 1. The van der Waals surface area contributed by atoms with Gasteiger partial charge in [0.05, 0.1) is 4.90 Å². The Balaban J connectivity index is 1.51. The van der Waals surface area contributed by atoms with Crippen LogP contribution in [0.5, 0.6) is 0 Å². The summed E-state index contributed by atoms with van der Waals surface area (Å²) in [5, 5.41) is 1.49. The van der Waals surface area contributed by atoms with Gasteiger partial charge in [-0.05, 0) is 25.0 Å². The second-order valence-electron chi connectivity index (χ2n) is 8.17. The molecule has 1 aromatic carbocycles. The molecule has 0 unspecified atom stereocenters. The van der Waals surface area contributed by atoms with E-state index in [1.165, 1.54) is 10.7 Å². The number of sulfonamides is 1. The smallest absolute Gasteiger partial charge is 0.243 e. The molecule has 1 saturated carbocycles. The van der Waals surface area contributed by atoms with E-state index >= 15 is 0 Å². The van der Waals surface area contributed by atoms with Gasteiger partial charge in [-0.1, -0.05) is 38.3 Å². The van der Waals surface area contributed by atoms with Gasteiger partial charge in [0.15, 0.2) is 0 Å². The third-order valence-electron chi connectivity index (χ3n) is 6.26. The molecule has 2 fully saturated rings. The van der Waals surface area contributed by atoms with Crippen molar-refractivity contribution in [2.24, 2.45) is 5.41 Å². The fourth-order valence-electron chi connectivity index (χ4n) is 4.52. The van der Waals surface area contributed by atoms with Crippen molar-refractivity contribution in [3.8, 4) is 0 Å². The molecule has 0 atom stereocenters. The quantitative estimate of drug-likeness (QED) is 0.793. The van der Waals surface area contributed by atoms with Crippen molar-refractivity contribution in [2.45, 2.75) is 43.9 Å². The number of carbonyl (C=O) groups excluding carboxylic acids is 1. The first-order valence-electron chi connectivity index (χ1n) is 10.0.